The SMILES string of the molecule is CCOC(=O)/C([N+]#N)=C(\O)C(C)(C)C(C)=O. The highest BCUT2D eigenvalue weighted by molar-refractivity contribution is 5.93. The molecule has 0 radical (unpaired) electrons. The maximum absolute atomic E-state index is 11.3. The van der Waals surface area contributed by atoms with Crippen LogP contribution in [-0.4, -0.2) is 23.5 Å². The number of carbonyl (C=O) groups excluding carboxylic acids is 2. The number of diazo groups is 1. The van der Waals surface area contributed by atoms with E-state index in [0.717, 1.165) is 0 Å². The summed E-state index contributed by atoms with van der Waals surface area (Å²) in [6, 6.07) is 0. The van der Waals surface area contributed by atoms with Gasteiger partial charge in [-0.1, -0.05) is 0 Å². The lowest BCUT2D eigenvalue weighted by Crippen LogP contribution is -2.26. The molecule has 16 heavy (non-hydrogen) atoms. The third-order valence-electron chi connectivity index (χ3n) is 2.27. The lowest BCUT2D eigenvalue weighted by Gasteiger charge is -2.17. The molecule has 0 amide bonds. The standard InChI is InChI=1S/C10H14N2O4/c1-5-16-9(15)7(12-11)8(14)10(3,4)6(2)13/h5H2,1-4H3/p+1. The number of ether oxygens (including phenoxy) is 1. The van der Waals surface area contributed by atoms with E-state index in [4.69, 9.17) is 5.39 Å². The fourth-order valence-corrected chi connectivity index (χ4v) is 0.847. The van der Waals surface area contributed by atoms with Crippen LogP contribution in [0.15, 0.2) is 11.5 Å². The predicted molar refractivity (Wildman–Crippen MR) is 55.8 cm³/mol. The lowest BCUT2D eigenvalue weighted by atomic mass is 9.85. The number of hydrogen-bond acceptors (Lipinski definition) is 5. The molecule has 0 saturated carbocycles. The van der Waals surface area contributed by atoms with Gasteiger partial charge in [-0.3, -0.25) is 4.79 Å². The van der Waals surface area contributed by atoms with Crippen molar-refractivity contribution in [1.82, 2.24) is 0 Å². The lowest BCUT2D eigenvalue weighted by molar-refractivity contribution is -0.138. The minimum atomic E-state index is -1.30. The van der Waals surface area contributed by atoms with Gasteiger partial charge in [0.2, 0.25) is 11.2 Å². The van der Waals surface area contributed by atoms with Gasteiger partial charge in [0.1, 0.15) is 5.78 Å². The summed E-state index contributed by atoms with van der Waals surface area (Å²) in [7, 11) is 0. The summed E-state index contributed by atoms with van der Waals surface area (Å²) in [4.78, 5) is 25.2. The highest BCUT2D eigenvalue weighted by atomic mass is 16.5. The molecule has 0 bridgehead atoms. The van der Waals surface area contributed by atoms with Gasteiger partial charge in [0.05, 0.1) is 12.0 Å². The van der Waals surface area contributed by atoms with E-state index in [1.807, 2.05) is 0 Å². The van der Waals surface area contributed by atoms with E-state index in [-0.39, 0.29) is 12.4 Å². The van der Waals surface area contributed by atoms with Gasteiger partial charge in [-0.15, -0.1) is 0 Å². The largest absolute Gasteiger partial charge is 0.506 e. The molecule has 0 aliphatic rings. The van der Waals surface area contributed by atoms with E-state index in [0.29, 0.717) is 0 Å². The number of hydrogen-bond donors (Lipinski definition) is 1. The van der Waals surface area contributed by atoms with Crippen molar-refractivity contribution in [2.45, 2.75) is 27.7 Å². The predicted octanol–water partition coefficient (Wildman–Crippen LogP) is 1.79. The highest BCUT2D eigenvalue weighted by Gasteiger charge is 2.41. The second-order valence-electron chi connectivity index (χ2n) is 3.70. The number of carbonyl (C=O) groups is 2. The van der Waals surface area contributed by atoms with Gasteiger partial charge in [-0.05, 0) is 27.7 Å². The molecule has 1 N–H and O–H groups in total. The van der Waals surface area contributed by atoms with Crippen LogP contribution in [-0.2, 0) is 14.3 Å². The van der Waals surface area contributed by atoms with Crippen LogP contribution < -0.4 is 0 Å². The van der Waals surface area contributed by atoms with Gasteiger partial charge >= 0.3 is 11.7 Å². The van der Waals surface area contributed by atoms with Gasteiger partial charge in [0, 0.05) is 0 Å². The first-order valence-electron chi connectivity index (χ1n) is 4.76. The van der Waals surface area contributed by atoms with E-state index in [1.165, 1.54) is 20.8 Å². The van der Waals surface area contributed by atoms with Crippen molar-refractivity contribution in [2.75, 3.05) is 6.61 Å². The summed E-state index contributed by atoms with van der Waals surface area (Å²) in [6.45, 7) is 5.73. The molecule has 0 aliphatic carbocycles. The number of rotatable bonds is 4. The Kier molecular flexibility index (Phi) is 4.63. The van der Waals surface area contributed by atoms with Crippen molar-refractivity contribution in [3.8, 4) is 0 Å². The fraction of sp³-hybridized carbons (Fsp3) is 0.600. The molecule has 0 unspecified atom stereocenters. The zero-order valence-corrected chi connectivity index (χ0v) is 9.77. The van der Waals surface area contributed by atoms with Crippen molar-refractivity contribution in [2.24, 2.45) is 5.41 Å². The van der Waals surface area contributed by atoms with Crippen molar-refractivity contribution in [3.63, 3.8) is 0 Å². The Balaban J connectivity index is 5.43. The van der Waals surface area contributed by atoms with E-state index in [1.54, 1.807) is 6.92 Å². The first-order valence-corrected chi connectivity index (χ1v) is 4.76. The van der Waals surface area contributed by atoms with Crippen LogP contribution in [0.25, 0.3) is 4.98 Å². The molecule has 0 saturated heterocycles. The first kappa shape index (κ1) is 14.1. The van der Waals surface area contributed by atoms with E-state index in [2.05, 4.69) is 9.71 Å². The van der Waals surface area contributed by atoms with Crippen LogP contribution in [0.2, 0.25) is 0 Å². The molecule has 0 heterocycles. The first-order chi connectivity index (χ1) is 7.28. The van der Waals surface area contributed by atoms with Crippen LogP contribution in [0, 0.1) is 10.8 Å². The third-order valence-corrected chi connectivity index (χ3v) is 2.27. The van der Waals surface area contributed by atoms with E-state index < -0.39 is 22.8 Å². The molecule has 0 atom stereocenters. The van der Waals surface area contributed by atoms with Crippen LogP contribution >= 0.6 is 0 Å². The number of ketones is 1. The Morgan fingerprint density at radius 3 is 2.25 bits per heavy atom. The Hall–Kier alpha value is -1.90. The average molecular weight is 227 g/mol. The van der Waals surface area contributed by atoms with Crippen LogP contribution in [0.1, 0.15) is 27.7 Å². The summed E-state index contributed by atoms with van der Waals surface area (Å²) in [6.07, 6.45) is 0. The van der Waals surface area contributed by atoms with Gasteiger partial charge in [0.25, 0.3) is 0 Å². The Morgan fingerprint density at radius 1 is 1.44 bits per heavy atom. The minimum Gasteiger partial charge on any atom is -0.504 e. The quantitative estimate of drug-likeness (QED) is 0.342. The molecule has 0 aromatic rings. The Morgan fingerprint density at radius 2 is 1.94 bits per heavy atom. The summed E-state index contributed by atoms with van der Waals surface area (Å²) >= 11 is 0. The normalized spacial score (nSPS) is 12.4. The monoisotopic (exact) mass is 227 g/mol. The summed E-state index contributed by atoms with van der Waals surface area (Å²) in [5.74, 6) is -1.95. The summed E-state index contributed by atoms with van der Waals surface area (Å²) < 4.78 is 4.57. The topological polar surface area (TPSA) is 91.8 Å². The van der Waals surface area contributed by atoms with Crippen molar-refractivity contribution < 1.29 is 19.4 Å². The number of allylic oxidation sites excluding steroid dienone is 1. The molecule has 0 spiro atoms. The molecular weight excluding hydrogens is 212 g/mol. The molecule has 88 valence electrons. The third kappa shape index (κ3) is 2.79. The average Bonchev–Trinajstić information content (AvgIpc) is 2.18. The second-order valence-corrected chi connectivity index (χ2v) is 3.70. The van der Waals surface area contributed by atoms with Crippen molar-refractivity contribution in [1.29, 1.82) is 5.39 Å². The van der Waals surface area contributed by atoms with Crippen LogP contribution in [0.4, 0.5) is 0 Å². The number of nitrogens with zero attached hydrogens (tertiary/aromatic N) is 2. The number of Topliss-reactive ketones (excluding diaryl/α,β-unsaturated/α-hetero) is 1. The van der Waals surface area contributed by atoms with Gasteiger partial charge in [0.15, 0.2) is 4.98 Å². The smallest absolute Gasteiger partial charge is 0.504 e. The summed E-state index contributed by atoms with van der Waals surface area (Å²) in [5, 5.41) is 18.3. The molecule has 0 rings (SSSR count). The molecule has 6 heteroatoms. The second kappa shape index (κ2) is 5.26. The van der Waals surface area contributed by atoms with Crippen LogP contribution in [0.3, 0.4) is 0 Å². The molecular formula is C10H15N2O4+. The fourth-order valence-electron chi connectivity index (χ4n) is 0.847. The zero-order valence-electron chi connectivity index (χ0n) is 9.77. The molecule has 0 aliphatic heterocycles. The number of esters is 1. The maximum atomic E-state index is 11.3. The van der Waals surface area contributed by atoms with E-state index >= 15 is 0 Å². The maximum Gasteiger partial charge on any atom is 0.506 e. The van der Waals surface area contributed by atoms with Crippen LogP contribution in [0.5, 0.6) is 0 Å². The number of aliphatic hydroxyl groups excluding tert-OH is 1. The van der Waals surface area contributed by atoms with Gasteiger partial charge < -0.3 is 9.84 Å². The van der Waals surface area contributed by atoms with E-state index in [9.17, 15) is 14.7 Å². The van der Waals surface area contributed by atoms with Gasteiger partial charge in [-0.25, -0.2) is 4.79 Å². The molecule has 0 fully saturated rings. The molecule has 0 aromatic carbocycles. The zero-order chi connectivity index (χ0) is 12.9. The summed E-state index contributed by atoms with van der Waals surface area (Å²) in [5.41, 5.74) is -1.95. The molecule has 0 aromatic heterocycles. The number of aliphatic hydroxyl groups is 1. The molecule has 6 nitrogen and oxygen atoms in total. The van der Waals surface area contributed by atoms with Gasteiger partial charge in [-0.2, -0.15) is 0 Å². The highest BCUT2D eigenvalue weighted by Crippen LogP contribution is 2.28. The van der Waals surface area contributed by atoms with Crippen molar-refractivity contribution >= 4 is 11.8 Å². The minimum absolute atomic E-state index is 0.0750. The van der Waals surface area contributed by atoms with Crippen molar-refractivity contribution in [3.05, 3.63) is 16.4 Å². The Bertz CT molecular complexity index is 377. The Labute approximate surface area is 93.5 Å².